The highest BCUT2D eigenvalue weighted by atomic mass is 127. The van der Waals surface area contributed by atoms with Crippen molar-refractivity contribution in [1.82, 2.24) is 15.2 Å². The number of rotatable bonds is 9. The topological polar surface area (TPSA) is 78.7 Å². The molecule has 2 heterocycles. The van der Waals surface area contributed by atoms with E-state index in [0.717, 1.165) is 31.5 Å². The highest BCUT2D eigenvalue weighted by Crippen LogP contribution is 2.23. The Hall–Kier alpha value is -1.39. The summed E-state index contributed by atoms with van der Waals surface area (Å²) in [7, 11) is 0. The Kier molecular flexibility index (Phi) is 10.6. The Balaban J connectivity index is 0.00000364. The summed E-state index contributed by atoms with van der Waals surface area (Å²) < 4.78 is 1.72. The van der Waals surface area contributed by atoms with Crippen LogP contribution in [0.3, 0.4) is 0 Å². The molecule has 0 amide bonds. The highest BCUT2D eigenvalue weighted by molar-refractivity contribution is 14.0. The van der Waals surface area contributed by atoms with Gasteiger partial charge in [-0.15, -0.1) is 24.0 Å². The molecule has 0 spiro atoms. The van der Waals surface area contributed by atoms with Crippen LogP contribution in [0.1, 0.15) is 32.3 Å². The van der Waals surface area contributed by atoms with E-state index in [1.807, 2.05) is 36.0 Å². The zero-order valence-corrected chi connectivity index (χ0v) is 19.0. The third-order valence-corrected chi connectivity index (χ3v) is 4.73. The summed E-state index contributed by atoms with van der Waals surface area (Å²) in [6.45, 7) is 6.30. The maximum absolute atomic E-state index is 11.6. The number of hydrogen-bond acceptors (Lipinski definition) is 4. The van der Waals surface area contributed by atoms with Gasteiger partial charge in [0.25, 0.3) is 0 Å². The Morgan fingerprint density at radius 1 is 1.30 bits per heavy atom. The minimum Gasteiger partial charge on any atom is -0.383 e. The summed E-state index contributed by atoms with van der Waals surface area (Å²) in [4.78, 5) is 16.2. The molecule has 0 aliphatic carbocycles. The molecule has 1 atom stereocenters. The molecule has 0 radical (unpaired) electrons. The lowest BCUT2D eigenvalue weighted by Gasteiger charge is -2.21. The predicted molar refractivity (Wildman–Crippen MR) is 123 cm³/mol. The van der Waals surface area contributed by atoms with E-state index in [2.05, 4.69) is 15.6 Å². The molecule has 3 N–H and O–H groups in total. The molecular formula is C19H29IN4O2S. The van der Waals surface area contributed by atoms with Crippen molar-refractivity contribution < 1.29 is 5.11 Å². The standard InChI is InChI=1S/C19H28N4O2S.HI/c1-3-20-18(22-15-19(2,25)16-9-13-26-14-16)21-10-5-7-12-23-11-6-4-8-17(23)24;/h4,6,8-9,11,13-14,25H,3,5,7,10,12,15H2,1-2H3,(H2,20,21,22);1H. The van der Waals surface area contributed by atoms with Crippen LogP contribution in [0.2, 0.25) is 0 Å². The minimum absolute atomic E-state index is 0. The Morgan fingerprint density at radius 3 is 2.78 bits per heavy atom. The van der Waals surface area contributed by atoms with Crippen molar-refractivity contribution in [2.24, 2.45) is 4.99 Å². The quantitative estimate of drug-likeness (QED) is 0.213. The van der Waals surface area contributed by atoms with Crippen molar-refractivity contribution in [2.45, 2.75) is 38.8 Å². The predicted octanol–water partition coefficient (Wildman–Crippen LogP) is 2.77. The lowest BCUT2D eigenvalue weighted by Crippen LogP contribution is -2.39. The molecular weight excluding hydrogens is 475 g/mol. The van der Waals surface area contributed by atoms with Crippen molar-refractivity contribution in [2.75, 3.05) is 19.6 Å². The number of aliphatic hydroxyl groups is 1. The number of aliphatic imine (C=N–C) groups is 1. The molecule has 0 saturated heterocycles. The smallest absolute Gasteiger partial charge is 0.250 e. The van der Waals surface area contributed by atoms with Gasteiger partial charge in [-0.05, 0) is 55.1 Å². The molecule has 0 aliphatic heterocycles. The number of pyridine rings is 1. The van der Waals surface area contributed by atoms with E-state index in [4.69, 9.17) is 0 Å². The molecule has 27 heavy (non-hydrogen) atoms. The van der Waals surface area contributed by atoms with E-state index in [9.17, 15) is 9.90 Å². The number of aromatic nitrogens is 1. The summed E-state index contributed by atoms with van der Waals surface area (Å²) >= 11 is 1.57. The van der Waals surface area contributed by atoms with Crippen molar-refractivity contribution >= 4 is 41.3 Å². The van der Waals surface area contributed by atoms with Crippen LogP contribution < -0.4 is 16.2 Å². The van der Waals surface area contributed by atoms with E-state index in [-0.39, 0.29) is 29.5 Å². The number of nitrogens with one attached hydrogen (secondary N) is 2. The molecule has 0 saturated carbocycles. The van der Waals surface area contributed by atoms with Gasteiger partial charge >= 0.3 is 0 Å². The van der Waals surface area contributed by atoms with Gasteiger partial charge in [-0.1, -0.05) is 6.07 Å². The number of aryl methyl sites for hydroxylation is 1. The monoisotopic (exact) mass is 504 g/mol. The zero-order chi connectivity index (χ0) is 18.8. The van der Waals surface area contributed by atoms with Gasteiger partial charge in [0.2, 0.25) is 5.56 Å². The van der Waals surface area contributed by atoms with Crippen molar-refractivity contribution in [3.63, 3.8) is 0 Å². The zero-order valence-electron chi connectivity index (χ0n) is 15.9. The van der Waals surface area contributed by atoms with Crippen molar-refractivity contribution in [3.05, 3.63) is 57.1 Å². The maximum atomic E-state index is 11.6. The Morgan fingerprint density at radius 2 is 2.11 bits per heavy atom. The summed E-state index contributed by atoms with van der Waals surface area (Å²) in [5.74, 6) is 0.694. The fourth-order valence-electron chi connectivity index (χ4n) is 2.50. The van der Waals surface area contributed by atoms with Crippen LogP contribution >= 0.6 is 35.3 Å². The molecule has 150 valence electrons. The van der Waals surface area contributed by atoms with Gasteiger partial charge in [0.1, 0.15) is 5.60 Å². The SMILES string of the molecule is CCNC(=NCC(C)(O)c1ccsc1)NCCCCn1ccccc1=O.I. The lowest BCUT2D eigenvalue weighted by molar-refractivity contribution is 0.0677. The largest absolute Gasteiger partial charge is 0.383 e. The van der Waals surface area contributed by atoms with Crippen LogP contribution in [0.15, 0.2) is 51.0 Å². The molecule has 0 bridgehead atoms. The average molecular weight is 504 g/mol. The van der Waals surface area contributed by atoms with Crippen LogP contribution in [0.25, 0.3) is 0 Å². The van der Waals surface area contributed by atoms with E-state index in [1.54, 1.807) is 35.0 Å². The average Bonchev–Trinajstić information content (AvgIpc) is 3.16. The van der Waals surface area contributed by atoms with E-state index in [1.165, 1.54) is 0 Å². The molecule has 2 aromatic heterocycles. The normalized spacial score (nSPS) is 13.5. The van der Waals surface area contributed by atoms with Gasteiger partial charge in [-0.3, -0.25) is 4.79 Å². The van der Waals surface area contributed by atoms with Crippen LogP contribution in [-0.4, -0.2) is 35.3 Å². The van der Waals surface area contributed by atoms with Crippen LogP contribution in [-0.2, 0) is 12.1 Å². The van der Waals surface area contributed by atoms with E-state index >= 15 is 0 Å². The highest BCUT2D eigenvalue weighted by Gasteiger charge is 2.23. The van der Waals surface area contributed by atoms with Gasteiger partial charge in [0.15, 0.2) is 5.96 Å². The molecule has 2 rings (SSSR count). The summed E-state index contributed by atoms with van der Waals surface area (Å²) in [5, 5.41) is 20.9. The van der Waals surface area contributed by atoms with Gasteiger partial charge in [-0.2, -0.15) is 11.3 Å². The summed E-state index contributed by atoms with van der Waals surface area (Å²) in [6, 6.07) is 7.12. The number of nitrogens with zero attached hydrogens (tertiary/aromatic N) is 2. The van der Waals surface area contributed by atoms with Crippen LogP contribution in [0, 0.1) is 0 Å². The number of hydrogen-bond donors (Lipinski definition) is 3. The number of guanidine groups is 1. The summed E-state index contributed by atoms with van der Waals surface area (Å²) in [6.07, 6.45) is 3.64. The lowest BCUT2D eigenvalue weighted by atomic mass is 10.00. The fourth-order valence-corrected chi connectivity index (χ4v) is 3.28. The third kappa shape index (κ3) is 8.02. The summed E-state index contributed by atoms with van der Waals surface area (Å²) in [5.41, 5.74) is -0.0574. The molecule has 0 aliphatic rings. The van der Waals surface area contributed by atoms with Crippen molar-refractivity contribution in [1.29, 1.82) is 0 Å². The van der Waals surface area contributed by atoms with Crippen LogP contribution in [0.4, 0.5) is 0 Å². The minimum atomic E-state index is -0.975. The molecule has 0 aromatic carbocycles. The van der Waals surface area contributed by atoms with Gasteiger partial charge < -0.3 is 20.3 Å². The maximum Gasteiger partial charge on any atom is 0.250 e. The van der Waals surface area contributed by atoms with Gasteiger partial charge in [-0.25, -0.2) is 4.99 Å². The Labute approximate surface area is 181 Å². The first kappa shape index (κ1) is 23.6. The first-order valence-corrected chi connectivity index (χ1v) is 9.90. The molecule has 2 aromatic rings. The molecule has 6 nitrogen and oxygen atoms in total. The first-order chi connectivity index (χ1) is 12.5. The Bertz CT molecular complexity index is 744. The number of unbranched alkanes of at least 4 members (excludes halogenated alkanes) is 1. The third-order valence-electron chi connectivity index (χ3n) is 4.05. The molecule has 8 heteroatoms. The van der Waals surface area contributed by atoms with E-state index in [0.29, 0.717) is 19.0 Å². The number of halogens is 1. The van der Waals surface area contributed by atoms with Crippen molar-refractivity contribution in [3.8, 4) is 0 Å². The molecule has 0 fully saturated rings. The second-order valence-corrected chi connectivity index (χ2v) is 7.13. The molecule has 1 unspecified atom stereocenters. The van der Waals surface area contributed by atoms with Gasteiger partial charge in [0.05, 0.1) is 6.54 Å². The number of thiophene rings is 1. The van der Waals surface area contributed by atoms with Crippen LogP contribution in [0.5, 0.6) is 0 Å². The van der Waals surface area contributed by atoms with E-state index < -0.39 is 5.60 Å². The second-order valence-electron chi connectivity index (χ2n) is 6.35. The second kappa shape index (κ2) is 12.1. The first-order valence-electron chi connectivity index (χ1n) is 8.95. The fraction of sp³-hybridized carbons (Fsp3) is 0.474. The van der Waals surface area contributed by atoms with Gasteiger partial charge in [0, 0.05) is 31.9 Å².